The molecule has 1 amide bonds. The molecule has 37 heavy (non-hydrogen) atoms. The third-order valence-electron chi connectivity index (χ3n) is 6.05. The monoisotopic (exact) mass is 520 g/mol. The summed E-state index contributed by atoms with van der Waals surface area (Å²) in [4.78, 5) is 16.7. The SMILES string of the molecule is CCOc1cc(/C=C2\C(=N)N3N=C(CC)SC3=NC2=O)ccc1OCCOc1ccc(C(C)CC)cc1. The first-order chi connectivity index (χ1) is 17.9. The molecule has 2 aliphatic rings. The van der Waals surface area contributed by atoms with E-state index in [1.165, 1.54) is 22.3 Å². The van der Waals surface area contributed by atoms with E-state index in [2.05, 4.69) is 36.1 Å². The predicted octanol–water partition coefficient (Wildman–Crippen LogP) is 6.09. The number of carbonyl (C=O) groups is 1. The van der Waals surface area contributed by atoms with Gasteiger partial charge in [-0.15, -0.1) is 0 Å². The van der Waals surface area contributed by atoms with Gasteiger partial charge in [-0.05, 0) is 78.9 Å². The molecule has 2 aromatic rings. The van der Waals surface area contributed by atoms with Gasteiger partial charge in [0.2, 0.25) is 5.17 Å². The average Bonchev–Trinajstić information content (AvgIpc) is 3.33. The van der Waals surface area contributed by atoms with Crippen LogP contribution in [0, 0.1) is 5.41 Å². The fraction of sp³-hybridized carbons (Fsp3) is 0.357. The first-order valence-electron chi connectivity index (χ1n) is 12.5. The number of thioether (sulfide) groups is 1. The smallest absolute Gasteiger partial charge is 0.283 e. The highest BCUT2D eigenvalue weighted by Crippen LogP contribution is 2.32. The molecule has 0 bridgehead atoms. The number of ether oxygens (including phenoxy) is 3. The molecule has 0 fully saturated rings. The Labute approximate surface area is 221 Å². The van der Waals surface area contributed by atoms with Crippen LogP contribution in [0.3, 0.4) is 0 Å². The van der Waals surface area contributed by atoms with Gasteiger partial charge in [0.15, 0.2) is 17.3 Å². The Bertz CT molecular complexity index is 1250. The molecule has 194 valence electrons. The molecule has 0 aliphatic carbocycles. The highest BCUT2D eigenvalue weighted by molar-refractivity contribution is 8.26. The molecule has 0 spiro atoms. The van der Waals surface area contributed by atoms with Gasteiger partial charge in [-0.1, -0.05) is 39.0 Å². The van der Waals surface area contributed by atoms with Crippen molar-refractivity contribution < 1.29 is 19.0 Å². The second kappa shape index (κ2) is 12.1. The second-order valence-electron chi connectivity index (χ2n) is 8.58. The minimum atomic E-state index is -0.455. The lowest BCUT2D eigenvalue weighted by Crippen LogP contribution is -2.35. The van der Waals surface area contributed by atoms with E-state index in [-0.39, 0.29) is 11.4 Å². The van der Waals surface area contributed by atoms with Gasteiger partial charge in [-0.3, -0.25) is 10.2 Å². The fourth-order valence-electron chi connectivity index (χ4n) is 3.78. The molecule has 2 aliphatic heterocycles. The van der Waals surface area contributed by atoms with Gasteiger partial charge < -0.3 is 14.2 Å². The van der Waals surface area contributed by atoms with Crippen molar-refractivity contribution in [3.63, 3.8) is 0 Å². The van der Waals surface area contributed by atoms with Crippen molar-refractivity contribution in [1.29, 1.82) is 5.41 Å². The van der Waals surface area contributed by atoms with Gasteiger partial charge in [0.25, 0.3) is 5.91 Å². The predicted molar refractivity (Wildman–Crippen MR) is 149 cm³/mol. The van der Waals surface area contributed by atoms with Crippen molar-refractivity contribution in [2.75, 3.05) is 19.8 Å². The standard InChI is InChI=1S/C28H32N4O4S/c1-5-18(4)20-9-11-21(12-10-20)35-14-15-36-23-13-8-19(17-24(23)34-7-3)16-22-26(29)32-28(30-27(22)33)37-25(6-2)31-32/h8-13,16-18,29H,5-7,14-15H2,1-4H3/b22-16+,29-26?. The summed E-state index contributed by atoms with van der Waals surface area (Å²) in [5.41, 5.74) is 2.18. The summed E-state index contributed by atoms with van der Waals surface area (Å²) in [6, 6.07) is 13.6. The number of hydrogen-bond acceptors (Lipinski definition) is 7. The molecule has 0 radical (unpaired) electrons. The fourth-order valence-corrected chi connectivity index (χ4v) is 4.61. The van der Waals surface area contributed by atoms with Crippen LogP contribution in [0.5, 0.6) is 17.2 Å². The van der Waals surface area contributed by atoms with Gasteiger partial charge in [0.05, 0.1) is 12.2 Å². The maximum absolute atomic E-state index is 12.6. The summed E-state index contributed by atoms with van der Waals surface area (Å²) in [5, 5.41) is 15.5. The van der Waals surface area contributed by atoms with Gasteiger partial charge >= 0.3 is 0 Å². The first-order valence-corrected chi connectivity index (χ1v) is 13.4. The van der Waals surface area contributed by atoms with Crippen molar-refractivity contribution in [3.8, 4) is 17.2 Å². The molecule has 9 heteroatoms. The van der Waals surface area contributed by atoms with Crippen LogP contribution in [-0.2, 0) is 4.79 Å². The zero-order valence-electron chi connectivity index (χ0n) is 21.6. The van der Waals surface area contributed by atoms with Crippen LogP contribution >= 0.6 is 11.8 Å². The molecule has 0 aromatic heterocycles. The maximum Gasteiger partial charge on any atom is 0.283 e. The van der Waals surface area contributed by atoms with Crippen LogP contribution in [0.2, 0.25) is 0 Å². The maximum atomic E-state index is 12.6. The van der Waals surface area contributed by atoms with E-state index >= 15 is 0 Å². The van der Waals surface area contributed by atoms with Crippen molar-refractivity contribution in [3.05, 3.63) is 59.2 Å². The number of amides is 1. The number of amidine groups is 2. The van der Waals surface area contributed by atoms with E-state index in [0.717, 1.165) is 23.6 Å². The summed E-state index contributed by atoms with van der Waals surface area (Å²) in [6.07, 6.45) is 3.45. The summed E-state index contributed by atoms with van der Waals surface area (Å²) in [7, 11) is 0. The average molecular weight is 521 g/mol. The van der Waals surface area contributed by atoms with Crippen molar-refractivity contribution in [2.24, 2.45) is 10.1 Å². The first kappa shape index (κ1) is 26.5. The van der Waals surface area contributed by atoms with Crippen LogP contribution in [0.4, 0.5) is 0 Å². The molecule has 0 saturated heterocycles. The number of fused-ring (bicyclic) bond motifs is 1. The highest BCUT2D eigenvalue weighted by Gasteiger charge is 2.35. The largest absolute Gasteiger partial charge is 0.490 e. The Kier molecular flexibility index (Phi) is 8.66. The van der Waals surface area contributed by atoms with E-state index in [4.69, 9.17) is 19.6 Å². The Morgan fingerprint density at radius 1 is 1.03 bits per heavy atom. The Morgan fingerprint density at radius 3 is 2.49 bits per heavy atom. The van der Waals surface area contributed by atoms with E-state index in [1.807, 2.05) is 32.0 Å². The van der Waals surface area contributed by atoms with Crippen LogP contribution in [0.1, 0.15) is 57.6 Å². The summed E-state index contributed by atoms with van der Waals surface area (Å²) < 4.78 is 17.5. The van der Waals surface area contributed by atoms with Gasteiger partial charge in [-0.2, -0.15) is 15.1 Å². The molecule has 2 heterocycles. The third-order valence-corrected chi connectivity index (χ3v) is 7.10. The van der Waals surface area contributed by atoms with Crippen molar-refractivity contribution >= 4 is 39.8 Å². The number of rotatable bonds is 11. The van der Waals surface area contributed by atoms with Crippen LogP contribution in [-0.4, -0.2) is 46.8 Å². The van der Waals surface area contributed by atoms with E-state index < -0.39 is 5.91 Å². The number of nitrogens with zero attached hydrogens (tertiary/aromatic N) is 3. The van der Waals surface area contributed by atoms with Crippen molar-refractivity contribution in [1.82, 2.24) is 5.01 Å². The van der Waals surface area contributed by atoms with Gasteiger partial charge in [-0.25, -0.2) is 0 Å². The number of benzene rings is 2. The minimum absolute atomic E-state index is 0.0126. The Balaban J connectivity index is 1.41. The number of nitrogens with one attached hydrogen (secondary N) is 1. The lowest BCUT2D eigenvalue weighted by atomic mass is 9.99. The lowest BCUT2D eigenvalue weighted by Gasteiger charge is -2.20. The number of hydrogen-bond donors (Lipinski definition) is 1. The molecule has 4 rings (SSSR count). The number of hydrazone groups is 1. The molecule has 2 aromatic carbocycles. The van der Waals surface area contributed by atoms with Gasteiger partial charge in [0, 0.05) is 0 Å². The van der Waals surface area contributed by atoms with Crippen LogP contribution < -0.4 is 14.2 Å². The Hall–Kier alpha value is -3.59. The number of carbonyl (C=O) groups excluding carboxylic acids is 1. The summed E-state index contributed by atoms with van der Waals surface area (Å²) in [6.45, 7) is 9.46. The molecular weight excluding hydrogens is 488 g/mol. The highest BCUT2D eigenvalue weighted by atomic mass is 32.2. The molecule has 0 saturated carbocycles. The molecular formula is C28H32N4O4S. The van der Waals surface area contributed by atoms with E-state index in [0.29, 0.717) is 48.0 Å². The Morgan fingerprint density at radius 2 is 1.78 bits per heavy atom. The van der Waals surface area contributed by atoms with Crippen molar-refractivity contribution in [2.45, 2.75) is 46.5 Å². The van der Waals surface area contributed by atoms with E-state index in [1.54, 1.807) is 18.2 Å². The molecule has 8 nitrogen and oxygen atoms in total. The quantitative estimate of drug-likeness (QED) is 0.285. The third kappa shape index (κ3) is 6.22. The second-order valence-corrected chi connectivity index (χ2v) is 9.62. The zero-order valence-corrected chi connectivity index (χ0v) is 22.4. The summed E-state index contributed by atoms with van der Waals surface area (Å²) >= 11 is 1.32. The normalized spacial score (nSPS) is 16.9. The number of aliphatic imine (C=N–C) groups is 1. The summed E-state index contributed by atoms with van der Waals surface area (Å²) in [5.74, 6) is 2.03. The van der Waals surface area contributed by atoms with Gasteiger partial charge in [0.1, 0.15) is 24.0 Å². The molecule has 1 atom stereocenters. The van der Waals surface area contributed by atoms with E-state index in [9.17, 15) is 4.79 Å². The zero-order chi connectivity index (χ0) is 26.4. The topological polar surface area (TPSA) is 96.6 Å². The molecule has 1 unspecified atom stereocenters. The minimum Gasteiger partial charge on any atom is -0.490 e. The van der Waals surface area contributed by atoms with Crippen LogP contribution in [0.25, 0.3) is 6.08 Å². The molecule has 1 N–H and O–H groups in total. The lowest BCUT2D eigenvalue weighted by molar-refractivity contribution is -0.114. The van der Waals surface area contributed by atoms with Crippen LogP contribution in [0.15, 0.2) is 58.1 Å².